The van der Waals surface area contributed by atoms with Gasteiger partial charge in [-0.1, -0.05) is 24.3 Å². The molecule has 4 heteroatoms. The fraction of sp³-hybridized carbons (Fsp3) is 0.294. The highest BCUT2D eigenvalue weighted by atomic mass is 79.9. The predicted octanol–water partition coefficient (Wildman–Crippen LogP) is 3.82. The molecule has 0 radical (unpaired) electrons. The topological polar surface area (TPSA) is 38.0 Å². The van der Waals surface area contributed by atoms with Crippen molar-refractivity contribution in [1.29, 1.82) is 0 Å². The Morgan fingerprint density at radius 1 is 1.14 bits per heavy atom. The van der Waals surface area contributed by atoms with Gasteiger partial charge in [-0.05, 0) is 76.0 Å². The molecule has 1 unspecified atom stereocenters. The van der Waals surface area contributed by atoms with Gasteiger partial charge >= 0.3 is 0 Å². The van der Waals surface area contributed by atoms with E-state index in [1.54, 1.807) is 6.07 Å². The highest BCUT2D eigenvalue weighted by Gasteiger charge is 2.16. The number of benzene rings is 2. The third-order valence-electron chi connectivity index (χ3n) is 4.15. The zero-order chi connectivity index (χ0) is 14.8. The van der Waals surface area contributed by atoms with Crippen molar-refractivity contribution in [2.24, 2.45) is 5.84 Å². The first-order chi connectivity index (χ1) is 10.2. The lowest BCUT2D eigenvalue weighted by Crippen LogP contribution is -2.29. The lowest BCUT2D eigenvalue weighted by Gasteiger charge is -2.18. The van der Waals surface area contributed by atoms with Gasteiger partial charge in [0, 0.05) is 6.04 Å². The smallest absolute Gasteiger partial charge is 0.137 e. The van der Waals surface area contributed by atoms with Gasteiger partial charge in [0.15, 0.2) is 0 Å². The molecule has 1 aliphatic carbocycles. The molecule has 3 rings (SSSR count). The molecule has 110 valence electrons. The molecule has 2 aromatic carbocycles. The molecule has 0 saturated carbocycles. The SMILES string of the molecule is NNC(Cc1ccc(F)c(Br)c1)c1ccc2c(c1)CCC2. The molecule has 0 saturated heterocycles. The summed E-state index contributed by atoms with van der Waals surface area (Å²) < 4.78 is 13.8. The summed E-state index contributed by atoms with van der Waals surface area (Å²) in [7, 11) is 0. The summed E-state index contributed by atoms with van der Waals surface area (Å²) >= 11 is 3.23. The number of hydrogen-bond donors (Lipinski definition) is 2. The highest BCUT2D eigenvalue weighted by Crippen LogP contribution is 2.27. The van der Waals surface area contributed by atoms with Gasteiger partial charge in [0.25, 0.3) is 0 Å². The van der Waals surface area contributed by atoms with Gasteiger partial charge in [-0.2, -0.15) is 0 Å². The van der Waals surface area contributed by atoms with E-state index in [1.165, 1.54) is 35.6 Å². The standard InChI is InChI=1S/C17H18BrFN2/c18-15-8-11(4-7-16(15)19)9-17(21-20)14-6-5-12-2-1-3-13(12)10-14/h4-8,10,17,21H,1-3,9,20H2. The van der Waals surface area contributed by atoms with Crippen LogP contribution in [0.2, 0.25) is 0 Å². The average molecular weight is 349 g/mol. The molecule has 2 aromatic rings. The van der Waals surface area contributed by atoms with E-state index in [4.69, 9.17) is 5.84 Å². The minimum absolute atomic E-state index is 0.0354. The molecule has 0 aromatic heterocycles. The van der Waals surface area contributed by atoms with E-state index >= 15 is 0 Å². The molecule has 3 N–H and O–H groups in total. The Balaban J connectivity index is 1.83. The van der Waals surface area contributed by atoms with E-state index in [9.17, 15) is 4.39 Å². The normalized spacial score (nSPS) is 15.0. The second kappa shape index (κ2) is 6.26. The first kappa shape index (κ1) is 14.7. The van der Waals surface area contributed by atoms with Crippen LogP contribution in [0.3, 0.4) is 0 Å². The van der Waals surface area contributed by atoms with Crippen molar-refractivity contribution in [3.8, 4) is 0 Å². The second-order valence-electron chi connectivity index (χ2n) is 5.55. The van der Waals surface area contributed by atoms with Crippen molar-refractivity contribution in [3.63, 3.8) is 0 Å². The van der Waals surface area contributed by atoms with Gasteiger partial charge in [-0.15, -0.1) is 0 Å². The fourth-order valence-electron chi connectivity index (χ4n) is 2.98. The van der Waals surface area contributed by atoms with Crippen LogP contribution in [0.4, 0.5) is 4.39 Å². The summed E-state index contributed by atoms with van der Waals surface area (Å²) in [5, 5.41) is 0. The molecule has 0 spiro atoms. The number of hydrogen-bond acceptors (Lipinski definition) is 2. The molecular formula is C17H18BrFN2. The minimum Gasteiger partial charge on any atom is -0.271 e. The predicted molar refractivity (Wildman–Crippen MR) is 86.3 cm³/mol. The van der Waals surface area contributed by atoms with E-state index in [1.807, 2.05) is 6.07 Å². The zero-order valence-corrected chi connectivity index (χ0v) is 13.3. The van der Waals surface area contributed by atoms with Gasteiger partial charge in [0.2, 0.25) is 0 Å². The largest absolute Gasteiger partial charge is 0.271 e. The van der Waals surface area contributed by atoms with Gasteiger partial charge in [0.05, 0.1) is 4.47 Å². The van der Waals surface area contributed by atoms with E-state index in [0.717, 1.165) is 18.4 Å². The van der Waals surface area contributed by atoms with Crippen LogP contribution in [-0.4, -0.2) is 0 Å². The van der Waals surface area contributed by atoms with Crippen molar-refractivity contribution >= 4 is 15.9 Å². The third kappa shape index (κ3) is 3.18. The summed E-state index contributed by atoms with van der Waals surface area (Å²) in [4.78, 5) is 0. The minimum atomic E-state index is -0.242. The number of rotatable bonds is 4. The van der Waals surface area contributed by atoms with Crippen LogP contribution in [0.5, 0.6) is 0 Å². The van der Waals surface area contributed by atoms with Crippen LogP contribution in [0.15, 0.2) is 40.9 Å². The van der Waals surface area contributed by atoms with Crippen molar-refractivity contribution in [1.82, 2.24) is 5.43 Å². The van der Waals surface area contributed by atoms with Gasteiger partial charge in [-0.3, -0.25) is 11.3 Å². The molecule has 0 heterocycles. The maximum absolute atomic E-state index is 13.3. The number of nitrogens with two attached hydrogens (primary N) is 1. The third-order valence-corrected chi connectivity index (χ3v) is 4.76. The molecule has 0 fully saturated rings. The van der Waals surface area contributed by atoms with Gasteiger partial charge in [-0.25, -0.2) is 4.39 Å². The molecule has 0 amide bonds. The first-order valence-corrected chi connectivity index (χ1v) is 7.98. The lowest BCUT2D eigenvalue weighted by atomic mass is 9.96. The summed E-state index contributed by atoms with van der Waals surface area (Å²) in [6, 6.07) is 11.7. The maximum atomic E-state index is 13.3. The Kier molecular flexibility index (Phi) is 4.38. The lowest BCUT2D eigenvalue weighted by molar-refractivity contribution is 0.550. The maximum Gasteiger partial charge on any atom is 0.137 e. The monoisotopic (exact) mass is 348 g/mol. The molecule has 21 heavy (non-hydrogen) atoms. The molecular weight excluding hydrogens is 331 g/mol. The zero-order valence-electron chi connectivity index (χ0n) is 11.7. The summed E-state index contributed by atoms with van der Waals surface area (Å²) in [5.74, 6) is 5.49. The molecule has 0 bridgehead atoms. The average Bonchev–Trinajstić information content (AvgIpc) is 2.95. The van der Waals surface area contributed by atoms with E-state index in [2.05, 4.69) is 39.6 Å². The Bertz CT molecular complexity index is 657. The summed E-state index contributed by atoms with van der Waals surface area (Å²) in [5.41, 5.74) is 8.02. The summed E-state index contributed by atoms with van der Waals surface area (Å²) in [6.07, 6.45) is 4.31. The second-order valence-corrected chi connectivity index (χ2v) is 6.41. The Hall–Kier alpha value is -1.23. The Labute approximate surface area is 132 Å². The van der Waals surface area contributed by atoms with Crippen LogP contribution >= 0.6 is 15.9 Å². The first-order valence-electron chi connectivity index (χ1n) is 7.19. The van der Waals surface area contributed by atoms with E-state index in [-0.39, 0.29) is 11.9 Å². The molecule has 2 nitrogen and oxygen atoms in total. The van der Waals surface area contributed by atoms with Crippen LogP contribution in [0.1, 0.15) is 34.7 Å². The number of hydrazine groups is 1. The van der Waals surface area contributed by atoms with Gasteiger partial charge < -0.3 is 0 Å². The quantitative estimate of drug-likeness (QED) is 0.651. The van der Waals surface area contributed by atoms with Crippen LogP contribution < -0.4 is 11.3 Å². The van der Waals surface area contributed by atoms with Crippen LogP contribution in [-0.2, 0) is 19.3 Å². The van der Waals surface area contributed by atoms with Crippen LogP contribution in [0.25, 0.3) is 0 Å². The number of halogens is 2. The molecule has 0 aliphatic heterocycles. The fourth-order valence-corrected chi connectivity index (χ4v) is 3.41. The van der Waals surface area contributed by atoms with Crippen molar-refractivity contribution in [2.75, 3.05) is 0 Å². The number of fused-ring (bicyclic) bond motifs is 1. The molecule has 1 aliphatic rings. The highest BCUT2D eigenvalue weighted by molar-refractivity contribution is 9.10. The van der Waals surface area contributed by atoms with Crippen molar-refractivity contribution in [2.45, 2.75) is 31.7 Å². The van der Waals surface area contributed by atoms with E-state index < -0.39 is 0 Å². The Morgan fingerprint density at radius 3 is 2.71 bits per heavy atom. The number of nitrogens with one attached hydrogen (secondary N) is 1. The molecule has 1 atom stereocenters. The van der Waals surface area contributed by atoms with Crippen molar-refractivity contribution in [3.05, 3.63) is 68.9 Å². The van der Waals surface area contributed by atoms with Crippen LogP contribution in [0, 0.1) is 5.82 Å². The van der Waals surface area contributed by atoms with Gasteiger partial charge in [0.1, 0.15) is 5.82 Å². The van der Waals surface area contributed by atoms with E-state index in [0.29, 0.717) is 4.47 Å². The summed E-state index contributed by atoms with van der Waals surface area (Å²) in [6.45, 7) is 0. The number of aryl methyl sites for hydroxylation is 2. The van der Waals surface area contributed by atoms with Crippen molar-refractivity contribution < 1.29 is 4.39 Å². The Morgan fingerprint density at radius 2 is 1.95 bits per heavy atom.